The first-order chi connectivity index (χ1) is 7.06. The average molecular weight is 213 g/mol. The number of ether oxygens (including phenoxy) is 1. The monoisotopic (exact) mass is 213 g/mol. The van der Waals surface area contributed by atoms with E-state index in [4.69, 9.17) is 14.9 Å². The van der Waals surface area contributed by atoms with Crippen LogP contribution in [0.25, 0.3) is 0 Å². The highest BCUT2D eigenvalue weighted by atomic mass is 16.5. The number of aromatic carboxylic acids is 1. The number of aliphatic hydroxyl groups excluding tert-OH is 1. The summed E-state index contributed by atoms with van der Waals surface area (Å²) in [5, 5.41) is 26.6. The summed E-state index contributed by atoms with van der Waals surface area (Å²) in [4.78, 5) is 14.5. The Morgan fingerprint density at radius 1 is 1.60 bits per heavy atom. The number of carbonyl (C=O) groups is 1. The van der Waals surface area contributed by atoms with Crippen LogP contribution in [0, 0.1) is 6.92 Å². The molecule has 0 unspecified atom stereocenters. The van der Waals surface area contributed by atoms with Crippen LogP contribution >= 0.6 is 0 Å². The minimum atomic E-state index is -1.26. The van der Waals surface area contributed by atoms with Gasteiger partial charge in [0.25, 0.3) is 0 Å². The molecule has 1 rings (SSSR count). The van der Waals surface area contributed by atoms with Crippen molar-refractivity contribution in [3.05, 3.63) is 17.3 Å². The standard InChI is InChI=1S/C9H11NO5/c1-5-8(12)6(9(13)14)4-7(10-5)15-3-2-11/h4,11-12H,2-3H2,1H3,(H,13,14). The summed E-state index contributed by atoms with van der Waals surface area (Å²) >= 11 is 0. The van der Waals surface area contributed by atoms with Gasteiger partial charge in [-0.2, -0.15) is 0 Å². The Hall–Kier alpha value is -1.82. The molecule has 1 heterocycles. The summed E-state index contributed by atoms with van der Waals surface area (Å²) < 4.78 is 4.95. The molecular weight excluding hydrogens is 202 g/mol. The number of nitrogens with zero attached hydrogens (tertiary/aromatic N) is 1. The number of aromatic hydroxyl groups is 1. The molecule has 1 aromatic rings. The van der Waals surface area contributed by atoms with Crippen molar-refractivity contribution in [1.82, 2.24) is 4.98 Å². The first kappa shape index (κ1) is 11.3. The van der Waals surface area contributed by atoms with E-state index in [0.29, 0.717) is 0 Å². The Balaban J connectivity index is 3.06. The highest BCUT2D eigenvalue weighted by Crippen LogP contribution is 2.24. The average Bonchev–Trinajstić information content (AvgIpc) is 2.19. The second-order valence-electron chi connectivity index (χ2n) is 2.82. The number of hydrogen-bond donors (Lipinski definition) is 3. The Bertz CT molecular complexity index is 377. The van der Waals surface area contributed by atoms with Crippen molar-refractivity contribution >= 4 is 5.97 Å². The van der Waals surface area contributed by atoms with Crippen molar-refractivity contribution in [3.8, 4) is 11.6 Å². The van der Waals surface area contributed by atoms with E-state index in [9.17, 15) is 9.90 Å². The van der Waals surface area contributed by atoms with Crippen LogP contribution < -0.4 is 4.74 Å². The fourth-order valence-electron chi connectivity index (χ4n) is 1.02. The second-order valence-corrected chi connectivity index (χ2v) is 2.82. The molecule has 1 aromatic heterocycles. The van der Waals surface area contributed by atoms with Crippen molar-refractivity contribution < 1.29 is 24.9 Å². The maximum atomic E-state index is 10.7. The molecule has 0 saturated carbocycles. The smallest absolute Gasteiger partial charge is 0.339 e. The van der Waals surface area contributed by atoms with Crippen molar-refractivity contribution in [2.45, 2.75) is 6.92 Å². The molecule has 0 fully saturated rings. The number of pyridine rings is 1. The summed E-state index contributed by atoms with van der Waals surface area (Å²) in [7, 11) is 0. The largest absolute Gasteiger partial charge is 0.505 e. The van der Waals surface area contributed by atoms with E-state index < -0.39 is 5.97 Å². The number of aryl methyl sites for hydroxylation is 1. The zero-order valence-electron chi connectivity index (χ0n) is 8.10. The Morgan fingerprint density at radius 3 is 2.80 bits per heavy atom. The van der Waals surface area contributed by atoms with Gasteiger partial charge in [-0.1, -0.05) is 0 Å². The quantitative estimate of drug-likeness (QED) is 0.659. The maximum absolute atomic E-state index is 10.7. The molecule has 0 bridgehead atoms. The normalized spacial score (nSPS) is 10.0. The molecule has 0 atom stereocenters. The number of carboxylic acid groups (broad SMARTS) is 1. The lowest BCUT2D eigenvalue weighted by Gasteiger charge is -2.07. The Kier molecular flexibility index (Phi) is 3.46. The molecule has 0 radical (unpaired) electrons. The summed E-state index contributed by atoms with van der Waals surface area (Å²) in [6.45, 7) is 1.30. The van der Waals surface area contributed by atoms with E-state index in [0.717, 1.165) is 6.07 Å². The lowest BCUT2D eigenvalue weighted by atomic mass is 10.2. The van der Waals surface area contributed by atoms with E-state index >= 15 is 0 Å². The van der Waals surface area contributed by atoms with Gasteiger partial charge in [-0.3, -0.25) is 0 Å². The third-order valence-corrected chi connectivity index (χ3v) is 1.72. The predicted octanol–water partition coefficient (Wildman–Crippen LogP) is 0.165. The molecule has 82 valence electrons. The molecule has 0 aromatic carbocycles. The van der Waals surface area contributed by atoms with Gasteiger partial charge >= 0.3 is 5.97 Å². The molecule has 0 saturated heterocycles. The first-order valence-electron chi connectivity index (χ1n) is 4.23. The zero-order chi connectivity index (χ0) is 11.4. The van der Waals surface area contributed by atoms with Crippen molar-refractivity contribution in [2.75, 3.05) is 13.2 Å². The van der Waals surface area contributed by atoms with Gasteiger partial charge in [0.15, 0.2) is 5.75 Å². The van der Waals surface area contributed by atoms with E-state index in [2.05, 4.69) is 4.98 Å². The minimum Gasteiger partial charge on any atom is -0.505 e. The predicted molar refractivity (Wildman–Crippen MR) is 50.2 cm³/mol. The Labute approximate surface area is 85.8 Å². The van der Waals surface area contributed by atoms with Crippen molar-refractivity contribution in [1.29, 1.82) is 0 Å². The Morgan fingerprint density at radius 2 is 2.27 bits per heavy atom. The van der Waals surface area contributed by atoms with E-state index in [1.165, 1.54) is 6.92 Å². The molecule has 3 N–H and O–H groups in total. The van der Waals surface area contributed by atoms with Gasteiger partial charge in [0.2, 0.25) is 5.88 Å². The summed E-state index contributed by atoms with van der Waals surface area (Å²) in [5.41, 5.74) is -0.0988. The lowest BCUT2D eigenvalue weighted by molar-refractivity contribution is 0.0692. The molecule has 0 aliphatic heterocycles. The number of rotatable bonds is 4. The number of hydrogen-bond acceptors (Lipinski definition) is 5. The molecule has 0 aliphatic rings. The van der Waals surface area contributed by atoms with Crippen LogP contribution in [0.4, 0.5) is 0 Å². The van der Waals surface area contributed by atoms with Gasteiger partial charge in [-0.25, -0.2) is 9.78 Å². The molecule has 0 amide bonds. The fourth-order valence-corrected chi connectivity index (χ4v) is 1.02. The molecule has 0 spiro atoms. The van der Waals surface area contributed by atoms with E-state index in [-0.39, 0.29) is 36.1 Å². The van der Waals surface area contributed by atoms with Crippen LogP contribution in [0.15, 0.2) is 6.07 Å². The van der Waals surface area contributed by atoms with Crippen LogP contribution in [-0.2, 0) is 0 Å². The third kappa shape index (κ3) is 2.57. The molecule has 6 heteroatoms. The first-order valence-corrected chi connectivity index (χ1v) is 4.23. The van der Waals surface area contributed by atoms with E-state index in [1.54, 1.807) is 0 Å². The topological polar surface area (TPSA) is 99.9 Å². The lowest BCUT2D eigenvalue weighted by Crippen LogP contribution is -2.06. The van der Waals surface area contributed by atoms with Gasteiger partial charge in [0.1, 0.15) is 12.2 Å². The second kappa shape index (κ2) is 4.61. The summed E-state index contributed by atoms with van der Waals surface area (Å²) in [5.74, 6) is -1.57. The zero-order valence-corrected chi connectivity index (χ0v) is 8.10. The van der Waals surface area contributed by atoms with Crippen LogP contribution in [0.2, 0.25) is 0 Å². The molecular formula is C9H11NO5. The van der Waals surface area contributed by atoms with Crippen LogP contribution in [0.1, 0.15) is 16.1 Å². The number of carboxylic acids is 1. The SMILES string of the molecule is Cc1nc(OCCO)cc(C(=O)O)c1O. The highest BCUT2D eigenvalue weighted by molar-refractivity contribution is 5.91. The van der Waals surface area contributed by atoms with E-state index in [1.807, 2.05) is 0 Å². The van der Waals surface area contributed by atoms with Gasteiger partial charge in [0.05, 0.1) is 12.3 Å². The highest BCUT2D eigenvalue weighted by Gasteiger charge is 2.15. The van der Waals surface area contributed by atoms with Gasteiger partial charge < -0.3 is 20.1 Å². The van der Waals surface area contributed by atoms with Crippen molar-refractivity contribution in [3.63, 3.8) is 0 Å². The maximum Gasteiger partial charge on any atom is 0.339 e. The van der Waals surface area contributed by atoms with Gasteiger partial charge in [0, 0.05) is 6.07 Å². The fraction of sp³-hybridized carbons (Fsp3) is 0.333. The van der Waals surface area contributed by atoms with Crippen LogP contribution in [0.3, 0.4) is 0 Å². The third-order valence-electron chi connectivity index (χ3n) is 1.72. The minimum absolute atomic E-state index is 0.0241. The van der Waals surface area contributed by atoms with Crippen LogP contribution in [0.5, 0.6) is 11.6 Å². The van der Waals surface area contributed by atoms with Crippen LogP contribution in [-0.4, -0.2) is 39.5 Å². The molecule has 0 aliphatic carbocycles. The van der Waals surface area contributed by atoms with Gasteiger partial charge in [-0.05, 0) is 6.92 Å². The molecule has 6 nitrogen and oxygen atoms in total. The summed E-state index contributed by atoms with van der Waals surface area (Å²) in [6.07, 6.45) is 0. The molecule has 15 heavy (non-hydrogen) atoms. The van der Waals surface area contributed by atoms with Gasteiger partial charge in [-0.15, -0.1) is 0 Å². The number of aromatic nitrogens is 1. The number of aliphatic hydroxyl groups is 1. The van der Waals surface area contributed by atoms with Crippen molar-refractivity contribution in [2.24, 2.45) is 0 Å². The summed E-state index contributed by atoms with van der Waals surface area (Å²) in [6, 6.07) is 1.11.